The van der Waals surface area contributed by atoms with Crippen molar-refractivity contribution in [3.63, 3.8) is 0 Å². The van der Waals surface area contributed by atoms with Gasteiger partial charge >= 0.3 is 29.6 Å². The van der Waals surface area contributed by atoms with E-state index in [1.807, 2.05) is 13.0 Å². The first-order chi connectivity index (χ1) is 5.18. The smallest absolute Gasteiger partial charge is 0.550 e. The maximum absolute atomic E-state index is 10.1. The molecule has 1 aromatic heterocycles. The third-order valence-corrected chi connectivity index (χ3v) is 1.27. The van der Waals surface area contributed by atoms with Gasteiger partial charge in [-0.2, -0.15) is 0 Å². The molecule has 0 aliphatic rings. The first-order valence-electron chi connectivity index (χ1n) is 3.31. The van der Waals surface area contributed by atoms with Gasteiger partial charge in [-0.15, -0.1) is 0 Å². The SMILES string of the molecule is Cc1cccc(CC(=O)[O-])n1.[Na+]. The number of carboxylic acids is 1. The van der Waals surface area contributed by atoms with Crippen LogP contribution in [0.15, 0.2) is 18.2 Å². The zero-order valence-electron chi connectivity index (χ0n) is 7.20. The number of pyridine rings is 1. The van der Waals surface area contributed by atoms with Crippen LogP contribution in [-0.4, -0.2) is 11.0 Å². The molecule has 0 bridgehead atoms. The second kappa shape index (κ2) is 5.30. The number of aromatic nitrogens is 1. The summed E-state index contributed by atoms with van der Waals surface area (Å²) in [6.07, 6.45) is -0.109. The molecule has 12 heavy (non-hydrogen) atoms. The van der Waals surface area contributed by atoms with Gasteiger partial charge in [0.05, 0.1) is 0 Å². The number of hydrogen-bond donors (Lipinski definition) is 0. The molecule has 1 heterocycles. The minimum absolute atomic E-state index is 0. The Morgan fingerprint density at radius 1 is 1.58 bits per heavy atom. The summed E-state index contributed by atoms with van der Waals surface area (Å²) in [5.74, 6) is -1.09. The van der Waals surface area contributed by atoms with Crippen LogP contribution in [0.4, 0.5) is 0 Å². The molecular formula is C8H8NNaO2. The molecule has 0 fully saturated rings. The van der Waals surface area contributed by atoms with E-state index >= 15 is 0 Å². The van der Waals surface area contributed by atoms with Crippen molar-refractivity contribution in [2.75, 3.05) is 0 Å². The van der Waals surface area contributed by atoms with E-state index in [1.165, 1.54) is 0 Å². The minimum Gasteiger partial charge on any atom is -0.550 e. The fraction of sp³-hybridized carbons (Fsp3) is 0.250. The molecule has 0 atom stereocenters. The van der Waals surface area contributed by atoms with Gasteiger partial charge in [-0.3, -0.25) is 4.98 Å². The van der Waals surface area contributed by atoms with Crippen molar-refractivity contribution in [2.45, 2.75) is 13.3 Å². The van der Waals surface area contributed by atoms with Crippen LogP contribution >= 0.6 is 0 Å². The van der Waals surface area contributed by atoms with Crippen molar-refractivity contribution < 1.29 is 39.5 Å². The first-order valence-corrected chi connectivity index (χ1v) is 3.31. The fourth-order valence-corrected chi connectivity index (χ4v) is 0.846. The number of hydrogen-bond acceptors (Lipinski definition) is 3. The molecule has 0 saturated heterocycles. The maximum atomic E-state index is 10.1. The number of aryl methyl sites for hydroxylation is 1. The predicted molar refractivity (Wildman–Crippen MR) is 37.7 cm³/mol. The summed E-state index contributed by atoms with van der Waals surface area (Å²) < 4.78 is 0. The molecule has 0 amide bonds. The summed E-state index contributed by atoms with van der Waals surface area (Å²) in [5, 5.41) is 10.1. The van der Waals surface area contributed by atoms with Crippen LogP contribution in [0.2, 0.25) is 0 Å². The summed E-state index contributed by atoms with van der Waals surface area (Å²) in [4.78, 5) is 14.1. The van der Waals surface area contributed by atoms with Gasteiger partial charge in [-0.05, 0) is 19.1 Å². The van der Waals surface area contributed by atoms with E-state index in [1.54, 1.807) is 12.1 Å². The zero-order valence-corrected chi connectivity index (χ0v) is 9.20. The third kappa shape index (κ3) is 3.85. The Morgan fingerprint density at radius 3 is 2.75 bits per heavy atom. The minimum atomic E-state index is -1.09. The Hall–Kier alpha value is -0.380. The van der Waals surface area contributed by atoms with E-state index < -0.39 is 5.97 Å². The van der Waals surface area contributed by atoms with Crippen LogP contribution in [0, 0.1) is 6.92 Å². The van der Waals surface area contributed by atoms with E-state index in [-0.39, 0.29) is 36.0 Å². The molecule has 58 valence electrons. The third-order valence-electron chi connectivity index (χ3n) is 1.27. The zero-order chi connectivity index (χ0) is 8.27. The number of carbonyl (C=O) groups is 1. The van der Waals surface area contributed by atoms with Crippen LogP contribution in [0.25, 0.3) is 0 Å². The number of rotatable bonds is 2. The predicted octanol–water partition coefficient (Wildman–Crippen LogP) is -3.31. The normalized spacial score (nSPS) is 8.75. The average molecular weight is 173 g/mol. The first kappa shape index (κ1) is 11.6. The summed E-state index contributed by atoms with van der Waals surface area (Å²) >= 11 is 0. The van der Waals surface area contributed by atoms with Crippen LogP contribution in [0.5, 0.6) is 0 Å². The molecule has 0 N–H and O–H groups in total. The molecule has 4 heteroatoms. The second-order valence-electron chi connectivity index (χ2n) is 2.32. The van der Waals surface area contributed by atoms with Crippen molar-refractivity contribution in [3.05, 3.63) is 29.6 Å². The van der Waals surface area contributed by atoms with Crippen molar-refractivity contribution in [1.29, 1.82) is 0 Å². The van der Waals surface area contributed by atoms with E-state index in [0.29, 0.717) is 5.69 Å². The van der Waals surface area contributed by atoms with Gasteiger partial charge in [0.25, 0.3) is 0 Å². The number of aliphatic carboxylic acids is 1. The van der Waals surface area contributed by atoms with Gasteiger partial charge in [0.1, 0.15) is 0 Å². The Labute approximate surface area is 93.1 Å². The van der Waals surface area contributed by atoms with E-state index in [4.69, 9.17) is 0 Å². The van der Waals surface area contributed by atoms with E-state index in [0.717, 1.165) is 5.69 Å². The Bertz CT molecular complexity index is 276. The van der Waals surface area contributed by atoms with Crippen LogP contribution in [0.1, 0.15) is 11.4 Å². The van der Waals surface area contributed by atoms with Crippen LogP contribution < -0.4 is 34.7 Å². The summed E-state index contributed by atoms with van der Waals surface area (Å²) in [6, 6.07) is 5.27. The molecule has 0 radical (unpaired) electrons. The topological polar surface area (TPSA) is 53.0 Å². The monoisotopic (exact) mass is 173 g/mol. The standard InChI is InChI=1S/C8H9NO2.Na/c1-6-3-2-4-7(9-6)5-8(10)11;/h2-4H,5H2,1H3,(H,10,11);/q;+1/p-1. The Kier molecular flexibility index (Phi) is 5.13. The molecule has 1 aromatic rings. The van der Waals surface area contributed by atoms with Gasteiger partial charge in [0.15, 0.2) is 0 Å². The average Bonchev–Trinajstić information content (AvgIpc) is 1.85. The summed E-state index contributed by atoms with van der Waals surface area (Å²) in [7, 11) is 0. The molecule has 0 spiro atoms. The van der Waals surface area contributed by atoms with Gasteiger partial charge in [-0.25, -0.2) is 0 Å². The van der Waals surface area contributed by atoms with Crippen molar-refractivity contribution in [2.24, 2.45) is 0 Å². The molecule has 1 rings (SSSR count). The molecule has 3 nitrogen and oxygen atoms in total. The largest absolute Gasteiger partial charge is 1.00 e. The van der Waals surface area contributed by atoms with Crippen LogP contribution in [0.3, 0.4) is 0 Å². The second-order valence-corrected chi connectivity index (χ2v) is 2.32. The fourth-order valence-electron chi connectivity index (χ4n) is 0.846. The molecule has 0 aliphatic carbocycles. The molecular weight excluding hydrogens is 165 g/mol. The molecule has 0 saturated carbocycles. The van der Waals surface area contributed by atoms with Crippen molar-refractivity contribution in [1.82, 2.24) is 4.98 Å². The van der Waals surface area contributed by atoms with Crippen molar-refractivity contribution >= 4 is 5.97 Å². The summed E-state index contributed by atoms with van der Waals surface area (Å²) in [5.41, 5.74) is 1.37. The number of nitrogens with zero attached hydrogens (tertiary/aromatic N) is 1. The quantitative estimate of drug-likeness (QED) is 0.440. The molecule has 0 unspecified atom stereocenters. The van der Waals surface area contributed by atoms with Gasteiger partial charge in [0.2, 0.25) is 0 Å². The Morgan fingerprint density at radius 2 is 2.25 bits per heavy atom. The van der Waals surface area contributed by atoms with Crippen LogP contribution in [-0.2, 0) is 11.2 Å². The number of carboxylic acid groups (broad SMARTS) is 1. The summed E-state index contributed by atoms with van der Waals surface area (Å²) in [6.45, 7) is 1.82. The number of carbonyl (C=O) groups excluding carboxylic acids is 1. The molecule has 0 aromatic carbocycles. The Balaban J connectivity index is 0.00000121. The maximum Gasteiger partial charge on any atom is 1.00 e. The van der Waals surface area contributed by atoms with Gasteiger partial charge < -0.3 is 9.90 Å². The van der Waals surface area contributed by atoms with E-state index in [2.05, 4.69) is 4.98 Å². The van der Waals surface area contributed by atoms with Crippen molar-refractivity contribution in [3.8, 4) is 0 Å². The van der Waals surface area contributed by atoms with E-state index in [9.17, 15) is 9.90 Å². The van der Waals surface area contributed by atoms with Gasteiger partial charge in [-0.1, -0.05) is 6.07 Å². The molecule has 0 aliphatic heterocycles. The van der Waals surface area contributed by atoms with Gasteiger partial charge in [0, 0.05) is 23.8 Å².